The summed E-state index contributed by atoms with van der Waals surface area (Å²) in [5.74, 6) is 1.00. The zero-order valence-electron chi connectivity index (χ0n) is 8.88. The lowest BCUT2D eigenvalue weighted by atomic mass is 10.2. The Labute approximate surface area is 103 Å². The van der Waals surface area contributed by atoms with Gasteiger partial charge < -0.3 is 5.32 Å². The van der Waals surface area contributed by atoms with E-state index in [2.05, 4.69) is 26.6 Å². The van der Waals surface area contributed by atoms with E-state index in [-0.39, 0.29) is 0 Å². The van der Waals surface area contributed by atoms with Crippen molar-refractivity contribution < 1.29 is 0 Å². The molecule has 2 aromatic rings. The zero-order chi connectivity index (χ0) is 11.2. The first kappa shape index (κ1) is 11.3. The fraction of sp³-hybridized carbons (Fsp3) is 0.300. The summed E-state index contributed by atoms with van der Waals surface area (Å²) >= 11 is 3.31. The molecular formula is C10H12N4S2. The first-order valence-electron chi connectivity index (χ1n) is 4.91. The Kier molecular flexibility index (Phi) is 4.12. The number of pyridine rings is 1. The SMILES string of the molecule is CNc1nnc(SCCc2cccnc2)s1. The third kappa shape index (κ3) is 3.18. The van der Waals surface area contributed by atoms with Gasteiger partial charge in [-0.25, -0.2) is 0 Å². The van der Waals surface area contributed by atoms with Crippen molar-refractivity contribution >= 4 is 28.2 Å². The van der Waals surface area contributed by atoms with E-state index in [1.54, 1.807) is 29.3 Å². The van der Waals surface area contributed by atoms with E-state index < -0.39 is 0 Å². The van der Waals surface area contributed by atoms with Crippen LogP contribution in [0, 0.1) is 0 Å². The molecule has 0 aliphatic heterocycles. The highest BCUT2D eigenvalue weighted by molar-refractivity contribution is 8.01. The number of hydrogen-bond acceptors (Lipinski definition) is 6. The van der Waals surface area contributed by atoms with Gasteiger partial charge in [-0.15, -0.1) is 10.2 Å². The minimum atomic E-state index is 0.865. The summed E-state index contributed by atoms with van der Waals surface area (Å²) in [5.41, 5.74) is 1.26. The topological polar surface area (TPSA) is 50.7 Å². The van der Waals surface area contributed by atoms with Crippen LogP contribution in [0.4, 0.5) is 5.13 Å². The van der Waals surface area contributed by atoms with Crippen LogP contribution in [-0.4, -0.2) is 28.0 Å². The molecule has 0 aliphatic carbocycles. The zero-order valence-corrected chi connectivity index (χ0v) is 10.5. The summed E-state index contributed by atoms with van der Waals surface area (Å²) < 4.78 is 1.01. The largest absolute Gasteiger partial charge is 0.363 e. The van der Waals surface area contributed by atoms with Crippen LogP contribution in [0.3, 0.4) is 0 Å². The lowest BCUT2D eigenvalue weighted by Crippen LogP contribution is -1.88. The Morgan fingerprint density at radius 3 is 3.06 bits per heavy atom. The maximum Gasteiger partial charge on any atom is 0.206 e. The van der Waals surface area contributed by atoms with Crippen LogP contribution in [-0.2, 0) is 6.42 Å². The van der Waals surface area contributed by atoms with Gasteiger partial charge in [-0.05, 0) is 18.1 Å². The quantitative estimate of drug-likeness (QED) is 0.828. The second-order valence-corrected chi connectivity index (χ2v) is 5.40. The average molecular weight is 252 g/mol. The number of nitrogens with zero attached hydrogens (tertiary/aromatic N) is 3. The minimum Gasteiger partial charge on any atom is -0.363 e. The van der Waals surface area contributed by atoms with Crippen molar-refractivity contribution in [2.75, 3.05) is 18.1 Å². The first-order valence-corrected chi connectivity index (χ1v) is 6.71. The number of aryl methyl sites for hydroxylation is 1. The summed E-state index contributed by atoms with van der Waals surface area (Å²) in [6, 6.07) is 4.05. The molecular weight excluding hydrogens is 240 g/mol. The summed E-state index contributed by atoms with van der Waals surface area (Å²) in [6.45, 7) is 0. The molecule has 0 spiro atoms. The highest BCUT2D eigenvalue weighted by Crippen LogP contribution is 2.25. The van der Waals surface area contributed by atoms with Gasteiger partial charge in [0.2, 0.25) is 5.13 Å². The van der Waals surface area contributed by atoms with Gasteiger partial charge >= 0.3 is 0 Å². The van der Waals surface area contributed by atoms with E-state index in [9.17, 15) is 0 Å². The Balaban J connectivity index is 1.80. The molecule has 0 aromatic carbocycles. The fourth-order valence-corrected chi connectivity index (χ4v) is 2.94. The summed E-state index contributed by atoms with van der Waals surface area (Å²) in [6.07, 6.45) is 4.70. The van der Waals surface area contributed by atoms with Crippen LogP contribution in [0.1, 0.15) is 5.56 Å². The van der Waals surface area contributed by atoms with E-state index >= 15 is 0 Å². The van der Waals surface area contributed by atoms with Gasteiger partial charge in [0.15, 0.2) is 4.34 Å². The molecule has 1 N–H and O–H groups in total. The molecule has 0 saturated heterocycles. The molecule has 0 bridgehead atoms. The first-order chi connectivity index (χ1) is 7.88. The highest BCUT2D eigenvalue weighted by Gasteiger charge is 2.02. The monoisotopic (exact) mass is 252 g/mol. The molecule has 0 saturated carbocycles. The van der Waals surface area contributed by atoms with E-state index in [0.717, 1.165) is 21.6 Å². The van der Waals surface area contributed by atoms with Crippen molar-refractivity contribution in [1.29, 1.82) is 0 Å². The van der Waals surface area contributed by atoms with Crippen molar-refractivity contribution in [3.63, 3.8) is 0 Å². The van der Waals surface area contributed by atoms with Crippen LogP contribution < -0.4 is 5.32 Å². The maximum absolute atomic E-state index is 4.08. The lowest BCUT2D eigenvalue weighted by Gasteiger charge is -1.97. The van der Waals surface area contributed by atoms with Crippen LogP contribution in [0.25, 0.3) is 0 Å². The number of rotatable bonds is 5. The number of nitrogens with one attached hydrogen (secondary N) is 1. The molecule has 6 heteroatoms. The van der Waals surface area contributed by atoms with Gasteiger partial charge in [0.05, 0.1) is 0 Å². The van der Waals surface area contributed by atoms with Crippen molar-refractivity contribution in [2.45, 2.75) is 10.8 Å². The molecule has 84 valence electrons. The Morgan fingerprint density at radius 1 is 1.44 bits per heavy atom. The van der Waals surface area contributed by atoms with E-state index in [1.165, 1.54) is 5.56 Å². The van der Waals surface area contributed by atoms with Gasteiger partial charge in [0, 0.05) is 25.2 Å². The molecule has 16 heavy (non-hydrogen) atoms. The molecule has 0 radical (unpaired) electrons. The second kappa shape index (κ2) is 5.81. The molecule has 4 nitrogen and oxygen atoms in total. The minimum absolute atomic E-state index is 0.865. The summed E-state index contributed by atoms with van der Waals surface area (Å²) in [5, 5.41) is 11.9. The normalized spacial score (nSPS) is 10.3. The Bertz CT molecular complexity index is 429. The second-order valence-electron chi connectivity index (χ2n) is 3.08. The predicted molar refractivity (Wildman–Crippen MR) is 68.1 cm³/mol. The van der Waals surface area contributed by atoms with E-state index in [1.807, 2.05) is 19.3 Å². The van der Waals surface area contributed by atoms with Crippen molar-refractivity contribution in [1.82, 2.24) is 15.2 Å². The molecule has 0 fully saturated rings. The van der Waals surface area contributed by atoms with E-state index in [4.69, 9.17) is 0 Å². The predicted octanol–water partition coefficient (Wildman–Crippen LogP) is 2.31. The van der Waals surface area contributed by atoms with Crippen LogP contribution in [0.2, 0.25) is 0 Å². The highest BCUT2D eigenvalue weighted by atomic mass is 32.2. The smallest absolute Gasteiger partial charge is 0.206 e. The average Bonchev–Trinajstić information content (AvgIpc) is 2.78. The third-order valence-electron chi connectivity index (χ3n) is 1.96. The van der Waals surface area contributed by atoms with Crippen molar-refractivity contribution in [3.8, 4) is 0 Å². The Hall–Kier alpha value is -1.14. The molecule has 0 amide bonds. The standard InChI is InChI=1S/C10H12N4S2/c1-11-9-13-14-10(16-9)15-6-4-8-3-2-5-12-7-8/h2-3,5,7H,4,6H2,1H3,(H,11,13). The molecule has 2 aromatic heterocycles. The van der Waals surface area contributed by atoms with E-state index in [0.29, 0.717) is 0 Å². The van der Waals surface area contributed by atoms with Crippen molar-refractivity contribution in [2.24, 2.45) is 0 Å². The number of hydrogen-bond donors (Lipinski definition) is 1. The third-order valence-corrected chi connectivity index (χ3v) is 4.04. The van der Waals surface area contributed by atoms with Gasteiger partial charge in [-0.3, -0.25) is 4.98 Å². The number of aromatic nitrogens is 3. The molecule has 0 unspecified atom stereocenters. The van der Waals surface area contributed by atoms with Crippen LogP contribution in [0.5, 0.6) is 0 Å². The van der Waals surface area contributed by atoms with Crippen molar-refractivity contribution in [3.05, 3.63) is 30.1 Å². The van der Waals surface area contributed by atoms with Crippen LogP contribution >= 0.6 is 23.1 Å². The Morgan fingerprint density at radius 2 is 2.38 bits per heavy atom. The molecule has 2 rings (SSSR count). The van der Waals surface area contributed by atoms with Gasteiger partial charge in [-0.1, -0.05) is 29.2 Å². The number of anilines is 1. The fourth-order valence-electron chi connectivity index (χ4n) is 1.17. The van der Waals surface area contributed by atoms with Gasteiger partial charge in [-0.2, -0.15) is 0 Å². The summed E-state index contributed by atoms with van der Waals surface area (Å²) in [4.78, 5) is 4.08. The number of thioether (sulfide) groups is 1. The maximum atomic E-state index is 4.08. The summed E-state index contributed by atoms with van der Waals surface area (Å²) in [7, 11) is 1.85. The van der Waals surface area contributed by atoms with Crippen LogP contribution in [0.15, 0.2) is 28.9 Å². The van der Waals surface area contributed by atoms with Gasteiger partial charge in [0.1, 0.15) is 0 Å². The molecule has 0 aliphatic rings. The molecule has 0 atom stereocenters. The molecule has 2 heterocycles. The lowest BCUT2D eigenvalue weighted by molar-refractivity contribution is 1.01. The van der Waals surface area contributed by atoms with Gasteiger partial charge in [0.25, 0.3) is 0 Å².